The van der Waals surface area contributed by atoms with Gasteiger partial charge in [0.1, 0.15) is 18.5 Å². The highest BCUT2D eigenvalue weighted by Crippen LogP contribution is 2.16. The molecule has 1 unspecified atom stereocenters. The van der Waals surface area contributed by atoms with Crippen LogP contribution in [0.4, 0.5) is 0 Å². The van der Waals surface area contributed by atoms with Gasteiger partial charge in [0.2, 0.25) is 0 Å². The first-order valence-corrected chi connectivity index (χ1v) is 6.21. The van der Waals surface area contributed by atoms with Crippen LogP contribution in [0.15, 0.2) is 12.1 Å². The second kappa shape index (κ2) is 8.82. The first-order valence-electron chi connectivity index (χ1n) is 6.21. The molecule has 1 aromatic heterocycles. The minimum Gasteiger partial charge on any atom is -0.489 e. The van der Waals surface area contributed by atoms with E-state index in [0.29, 0.717) is 31.2 Å². The second-order valence-corrected chi connectivity index (χ2v) is 4.13. The van der Waals surface area contributed by atoms with E-state index in [1.165, 1.54) is 0 Å². The predicted octanol–water partition coefficient (Wildman–Crippen LogP) is 0.251. The maximum absolute atomic E-state index is 9.69. The van der Waals surface area contributed by atoms with Crippen molar-refractivity contribution in [3.8, 4) is 5.75 Å². The van der Waals surface area contributed by atoms with Crippen molar-refractivity contribution >= 4 is 0 Å². The maximum atomic E-state index is 9.69. The lowest BCUT2D eigenvalue weighted by atomic mass is 10.3. The Hall–Kier alpha value is -1.21. The Labute approximate surface area is 113 Å². The fraction of sp³-hybridized carbons (Fsp3) is 0.615. The molecular formula is C13H22N2O4. The molecule has 0 aliphatic rings. The van der Waals surface area contributed by atoms with Crippen molar-refractivity contribution < 1.29 is 19.3 Å². The van der Waals surface area contributed by atoms with Gasteiger partial charge >= 0.3 is 0 Å². The smallest absolute Gasteiger partial charge is 0.142 e. The van der Waals surface area contributed by atoms with E-state index in [9.17, 15) is 5.11 Å². The van der Waals surface area contributed by atoms with Gasteiger partial charge in [-0.25, -0.2) is 0 Å². The van der Waals surface area contributed by atoms with Crippen LogP contribution in [0.25, 0.3) is 0 Å². The molecule has 0 radical (unpaired) electrons. The second-order valence-electron chi connectivity index (χ2n) is 4.13. The van der Waals surface area contributed by atoms with Gasteiger partial charge in [0, 0.05) is 19.3 Å². The van der Waals surface area contributed by atoms with Crippen LogP contribution in [0.2, 0.25) is 0 Å². The average molecular weight is 270 g/mol. The molecule has 0 aromatic carbocycles. The lowest BCUT2D eigenvalue weighted by molar-refractivity contribution is -0.00437. The van der Waals surface area contributed by atoms with Gasteiger partial charge in [-0.15, -0.1) is 0 Å². The highest BCUT2D eigenvalue weighted by atomic mass is 16.5. The van der Waals surface area contributed by atoms with Crippen molar-refractivity contribution in [3.05, 3.63) is 23.5 Å². The number of aliphatic hydroxyl groups is 1. The number of nitrogens with two attached hydrogens (primary N) is 1. The van der Waals surface area contributed by atoms with Gasteiger partial charge in [0.15, 0.2) is 0 Å². The van der Waals surface area contributed by atoms with Gasteiger partial charge in [0.25, 0.3) is 0 Å². The Balaban J connectivity index is 2.35. The van der Waals surface area contributed by atoms with E-state index in [-0.39, 0.29) is 13.2 Å². The van der Waals surface area contributed by atoms with Crippen LogP contribution in [0.5, 0.6) is 5.75 Å². The molecule has 0 fully saturated rings. The van der Waals surface area contributed by atoms with E-state index in [2.05, 4.69) is 4.98 Å². The zero-order chi connectivity index (χ0) is 14.1. The van der Waals surface area contributed by atoms with Crippen LogP contribution >= 0.6 is 0 Å². The van der Waals surface area contributed by atoms with Crippen LogP contribution in [0.3, 0.4) is 0 Å². The molecule has 6 heteroatoms. The van der Waals surface area contributed by atoms with Crippen LogP contribution in [-0.2, 0) is 16.0 Å². The summed E-state index contributed by atoms with van der Waals surface area (Å²) < 4.78 is 15.5. The average Bonchev–Trinajstić information content (AvgIpc) is 2.42. The zero-order valence-electron chi connectivity index (χ0n) is 11.5. The monoisotopic (exact) mass is 270 g/mol. The summed E-state index contributed by atoms with van der Waals surface area (Å²) in [4.78, 5) is 4.28. The molecule has 6 nitrogen and oxygen atoms in total. The third-order valence-corrected chi connectivity index (χ3v) is 2.44. The summed E-state index contributed by atoms with van der Waals surface area (Å²) in [6, 6.07) is 3.65. The summed E-state index contributed by atoms with van der Waals surface area (Å²) >= 11 is 0. The fourth-order valence-corrected chi connectivity index (χ4v) is 1.47. The molecule has 0 bridgehead atoms. The lowest BCUT2D eigenvalue weighted by Gasteiger charge is -2.14. The quantitative estimate of drug-likeness (QED) is 0.626. The van der Waals surface area contributed by atoms with E-state index in [1.807, 2.05) is 19.1 Å². The molecule has 1 aromatic rings. The summed E-state index contributed by atoms with van der Waals surface area (Å²) in [7, 11) is 1.60. The lowest BCUT2D eigenvalue weighted by Crippen LogP contribution is -2.24. The number of hydrogen-bond acceptors (Lipinski definition) is 6. The first-order chi connectivity index (χ1) is 9.17. The third-order valence-electron chi connectivity index (χ3n) is 2.44. The zero-order valence-corrected chi connectivity index (χ0v) is 11.5. The summed E-state index contributed by atoms with van der Waals surface area (Å²) in [6.07, 6.45) is -0.691. The van der Waals surface area contributed by atoms with Gasteiger partial charge in [-0.3, -0.25) is 4.98 Å². The van der Waals surface area contributed by atoms with E-state index in [4.69, 9.17) is 19.9 Å². The molecule has 0 saturated heterocycles. The van der Waals surface area contributed by atoms with Gasteiger partial charge in [-0.2, -0.15) is 0 Å². The Bertz CT molecular complexity index is 374. The van der Waals surface area contributed by atoms with Crippen LogP contribution in [0.1, 0.15) is 11.4 Å². The third kappa shape index (κ3) is 5.98. The number of methoxy groups -OCH3 is 1. The summed E-state index contributed by atoms with van der Waals surface area (Å²) in [6.45, 7) is 3.50. The maximum Gasteiger partial charge on any atom is 0.142 e. The largest absolute Gasteiger partial charge is 0.489 e. The molecule has 0 amide bonds. The summed E-state index contributed by atoms with van der Waals surface area (Å²) in [5, 5.41) is 9.69. The van der Waals surface area contributed by atoms with E-state index >= 15 is 0 Å². The number of pyridine rings is 1. The number of aliphatic hydroxyl groups excluding tert-OH is 1. The molecule has 108 valence electrons. The van der Waals surface area contributed by atoms with E-state index in [0.717, 1.165) is 5.69 Å². The Morgan fingerprint density at radius 3 is 2.79 bits per heavy atom. The number of hydrogen-bond donors (Lipinski definition) is 2. The molecule has 0 aliphatic heterocycles. The fourth-order valence-electron chi connectivity index (χ4n) is 1.47. The molecule has 0 spiro atoms. The van der Waals surface area contributed by atoms with Crippen molar-refractivity contribution in [1.29, 1.82) is 0 Å². The molecule has 1 heterocycles. The van der Waals surface area contributed by atoms with Crippen molar-refractivity contribution in [2.75, 3.05) is 33.5 Å². The van der Waals surface area contributed by atoms with Crippen molar-refractivity contribution in [1.82, 2.24) is 4.98 Å². The highest BCUT2D eigenvalue weighted by Gasteiger charge is 2.09. The van der Waals surface area contributed by atoms with E-state index in [1.54, 1.807) is 7.11 Å². The van der Waals surface area contributed by atoms with Gasteiger partial charge in [-0.05, 0) is 19.1 Å². The standard InChI is InChI=1S/C13H22N2O4/c1-10-3-4-13(12(7-14)15-10)19-9-11(16)8-18-6-5-17-2/h3-4,11,16H,5-9,14H2,1-2H3. The predicted molar refractivity (Wildman–Crippen MR) is 71.1 cm³/mol. The normalized spacial score (nSPS) is 12.4. The number of aromatic nitrogens is 1. The highest BCUT2D eigenvalue weighted by molar-refractivity contribution is 5.29. The van der Waals surface area contributed by atoms with Crippen LogP contribution in [-0.4, -0.2) is 49.7 Å². The van der Waals surface area contributed by atoms with Crippen molar-refractivity contribution in [2.45, 2.75) is 19.6 Å². The number of ether oxygens (including phenoxy) is 3. The minimum absolute atomic E-state index is 0.144. The summed E-state index contributed by atoms with van der Waals surface area (Å²) in [5.41, 5.74) is 7.17. The number of rotatable bonds is 9. The summed E-state index contributed by atoms with van der Waals surface area (Å²) in [5.74, 6) is 0.601. The van der Waals surface area contributed by atoms with Crippen LogP contribution in [0, 0.1) is 6.92 Å². The molecular weight excluding hydrogens is 248 g/mol. The Kier molecular flexibility index (Phi) is 7.35. The van der Waals surface area contributed by atoms with Crippen molar-refractivity contribution in [3.63, 3.8) is 0 Å². The Morgan fingerprint density at radius 1 is 1.32 bits per heavy atom. The van der Waals surface area contributed by atoms with Crippen molar-refractivity contribution in [2.24, 2.45) is 5.73 Å². The van der Waals surface area contributed by atoms with Gasteiger partial charge < -0.3 is 25.1 Å². The number of nitrogens with zero attached hydrogens (tertiary/aromatic N) is 1. The van der Waals surface area contributed by atoms with Crippen LogP contribution < -0.4 is 10.5 Å². The molecule has 0 saturated carbocycles. The first kappa shape index (κ1) is 15.8. The molecule has 3 N–H and O–H groups in total. The SMILES string of the molecule is COCCOCC(O)COc1ccc(C)nc1CN. The Morgan fingerprint density at radius 2 is 2.11 bits per heavy atom. The van der Waals surface area contributed by atoms with Gasteiger partial charge in [-0.1, -0.05) is 0 Å². The van der Waals surface area contributed by atoms with E-state index < -0.39 is 6.10 Å². The molecule has 1 atom stereocenters. The molecule has 1 rings (SSSR count). The minimum atomic E-state index is -0.691. The number of aryl methyl sites for hydroxylation is 1. The molecule has 19 heavy (non-hydrogen) atoms. The van der Waals surface area contributed by atoms with Gasteiger partial charge in [0.05, 0.1) is 25.5 Å². The molecule has 0 aliphatic carbocycles. The topological polar surface area (TPSA) is 86.8 Å².